The van der Waals surface area contributed by atoms with Crippen LogP contribution in [-0.2, 0) is 0 Å². The van der Waals surface area contributed by atoms with Gasteiger partial charge in [0.1, 0.15) is 5.82 Å². The van der Waals surface area contributed by atoms with Gasteiger partial charge in [0, 0.05) is 17.4 Å². The fourth-order valence-electron chi connectivity index (χ4n) is 0.921. The van der Waals surface area contributed by atoms with E-state index in [2.05, 4.69) is 4.98 Å². The molecule has 0 saturated carbocycles. The third-order valence-corrected chi connectivity index (χ3v) is 1.92. The minimum absolute atomic E-state index is 0.209. The summed E-state index contributed by atoms with van der Waals surface area (Å²) in [7, 11) is 0. The van der Waals surface area contributed by atoms with E-state index >= 15 is 0 Å². The highest BCUT2D eigenvalue weighted by molar-refractivity contribution is 6.30. The van der Waals surface area contributed by atoms with Crippen LogP contribution in [0.25, 0.3) is 0 Å². The van der Waals surface area contributed by atoms with Crippen LogP contribution in [0.15, 0.2) is 48.8 Å². The zero-order chi connectivity index (χ0) is 11.1. The van der Waals surface area contributed by atoms with Gasteiger partial charge in [-0.05, 0) is 42.8 Å². The number of hydrogen-bond donors (Lipinski definition) is 0. The van der Waals surface area contributed by atoms with E-state index in [0.717, 1.165) is 0 Å². The number of aromatic nitrogens is 1. The SMILES string of the molecule is Cc1cc(Cl)ccc1F.c1ccncc1. The largest absolute Gasteiger partial charge is 0.265 e. The summed E-state index contributed by atoms with van der Waals surface area (Å²) in [5, 5.41) is 0.578. The Kier molecular flexibility index (Phi) is 4.78. The summed E-state index contributed by atoms with van der Waals surface area (Å²) in [5.74, 6) is -0.209. The van der Waals surface area contributed by atoms with Crippen molar-refractivity contribution in [2.45, 2.75) is 6.92 Å². The van der Waals surface area contributed by atoms with Crippen molar-refractivity contribution in [1.29, 1.82) is 0 Å². The van der Waals surface area contributed by atoms with Crippen molar-refractivity contribution in [3.05, 3.63) is 65.2 Å². The first-order valence-corrected chi connectivity index (χ1v) is 4.84. The summed E-state index contributed by atoms with van der Waals surface area (Å²) in [6.07, 6.45) is 3.50. The molecule has 0 saturated heterocycles. The van der Waals surface area contributed by atoms with Gasteiger partial charge >= 0.3 is 0 Å². The average molecular weight is 224 g/mol. The molecule has 0 aliphatic heterocycles. The Hall–Kier alpha value is -1.41. The molecular weight excluding hydrogens is 213 g/mol. The van der Waals surface area contributed by atoms with Gasteiger partial charge in [-0.2, -0.15) is 0 Å². The van der Waals surface area contributed by atoms with E-state index in [9.17, 15) is 4.39 Å². The van der Waals surface area contributed by atoms with Gasteiger partial charge in [0.2, 0.25) is 0 Å². The Balaban J connectivity index is 0.000000162. The lowest BCUT2D eigenvalue weighted by molar-refractivity contribution is 0.618. The first kappa shape index (κ1) is 11.7. The number of pyridine rings is 1. The molecule has 2 aromatic rings. The molecule has 0 atom stereocenters. The molecule has 0 fully saturated rings. The molecule has 0 radical (unpaired) electrons. The molecule has 1 heterocycles. The van der Waals surface area contributed by atoms with Gasteiger partial charge in [0.15, 0.2) is 0 Å². The van der Waals surface area contributed by atoms with Crippen molar-refractivity contribution in [1.82, 2.24) is 4.98 Å². The molecule has 0 amide bonds. The highest BCUT2D eigenvalue weighted by Crippen LogP contribution is 2.12. The van der Waals surface area contributed by atoms with Gasteiger partial charge in [-0.1, -0.05) is 17.7 Å². The highest BCUT2D eigenvalue weighted by Gasteiger charge is 1.94. The Morgan fingerprint density at radius 2 is 1.80 bits per heavy atom. The molecule has 78 valence electrons. The third-order valence-electron chi connectivity index (χ3n) is 1.69. The normalized spacial score (nSPS) is 9.00. The Morgan fingerprint density at radius 3 is 2.13 bits per heavy atom. The predicted octanol–water partition coefficient (Wildman–Crippen LogP) is 3.87. The molecule has 0 aliphatic rings. The van der Waals surface area contributed by atoms with Gasteiger partial charge in [-0.3, -0.25) is 4.98 Å². The zero-order valence-electron chi connectivity index (χ0n) is 8.32. The van der Waals surface area contributed by atoms with Gasteiger partial charge in [-0.15, -0.1) is 0 Å². The first-order chi connectivity index (χ1) is 7.20. The molecule has 0 aliphatic carbocycles. The van der Waals surface area contributed by atoms with Crippen molar-refractivity contribution in [3.8, 4) is 0 Å². The Morgan fingerprint density at radius 1 is 1.13 bits per heavy atom. The second kappa shape index (κ2) is 6.14. The van der Waals surface area contributed by atoms with Crippen molar-refractivity contribution in [3.63, 3.8) is 0 Å². The van der Waals surface area contributed by atoms with Crippen LogP contribution < -0.4 is 0 Å². The van der Waals surface area contributed by atoms with Gasteiger partial charge in [0.05, 0.1) is 0 Å². The molecule has 1 nitrogen and oxygen atoms in total. The molecule has 3 heteroatoms. The number of aryl methyl sites for hydroxylation is 1. The molecule has 15 heavy (non-hydrogen) atoms. The first-order valence-electron chi connectivity index (χ1n) is 4.47. The minimum Gasteiger partial charge on any atom is -0.265 e. The standard InChI is InChI=1S/C7H6ClF.C5H5N/c1-5-4-6(8)2-3-7(5)9;1-2-4-6-5-3-1/h2-4H,1H3;1-5H. The van der Waals surface area contributed by atoms with Crippen molar-refractivity contribution >= 4 is 11.6 Å². The molecule has 0 N–H and O–H groups in total. The Bertz CT molecular complexity index is 377. The maximum Gasteiger partial charge on any atom is 0.126 e. The molecular formula is C12H11ClFN. The van der Waals surface area contributed by atoms with E-state index in [1.807, 2.05) is 18.2 Å². The van der Waals surface area contributed by atoms with Crippen LogP contribution in [-0.4, -0.2) is 4.98 Å². The third kappa shape index (κ3) is 4.56. The summed E-state index contributed by atoms with van der Waals surface area (Å²) in [5.41, 5.74) is 0.586. The fourth-order valence-corrected chi connectivity index (χ4v) is 1.15. The molecule has 1 aromatic carbocycles. The second-order valence-electron chi connectivity index (χ2n) is 2.92. The lowest BCUT2D eigenvalue weighted by Gasteiger charge is -1.93. The van der Waals surface area contributed by atoms with Crippen LogP contribution in [0.2, 0.25) is 5.02 Å². The van der Waals surface area contributed by atoms with E-state index in [4.69, 9.17) is 11.6 Å². The van der Waals surface area contributed by atoms with Crippen LogP contribution >= 0.6 is 11.6 Å². The quantitative estimate of drug-likeness (QED) is 0.661. The fraction of sp³-hybridized carbons (Fsp3) is 0.0833. The van der Waals surface area contributed by atoms with Crippen LogP contribution in [0.5, 0.6) is 0 Å². The van der Waals surface area contributed by atoms with Crippen molar-refractivity contribution in [2.24, 2.45) is 0 Å². The van der Waals surface area contributed by atoms with E-state index in [1.165, 1.54) is 12.1 Å². The van der Waals surface area contributed by atoms with Crippen LogP contribution in [0.3, 0.4) is 0 Å². The maximum atomic E-state index is 12.4. The highest BCUT2D eigenvalue weighted by atomic mass is 35.5. The topological polar surface area (TPSA) is 12.9 Å². The maximum absolute atomic E-state index is 12.4. The van der Waals surface area contributed by atoms with E-state index in [1.54, 1.807) is 25.4 Å². The van der Waals surface area contributed by atoms with Crippen molar-refractivity contribution < 1.29 is 4.39 Å². The van der Waals surface area contributed by atoms with Crippen molar-refractivity contribution in [2.75, 3.05) is 0 Å². The molecule has 1 aromatic heterocycles. The number of benzene rings is 1. The number of hydrogen-bond acceptors (Lipinski definition) is 1. The summed E-state index contributed by atoms with van der Waals surface area (Å²) < 4.78 is 12.4. The Labute approximate surface area is 93.5 Å². The molecule has 0 bridgehead atoms. The molecule has 0 spiro atoms. The van der Waals surface area contributed by atoms with Gasteiger partial charge < -0.3 is 0 Å². The van der Waals surface area contributed by atoms with E-state index in [0.29, 0.717) is 10.6 Å². The minimum atomic E-state index is -0.209. The van der Waals surface area contributed by atoms with Gasteiger partial charge in [0.25, 0.3) is 0 Å². The van der Waals surface area contributed by atoms with Crippen LogP contribution in [0.4, 0.5) is 4.39 Å². The lowest BCUT2D eigenvalue weighted by atomic mass is 10.2. The molecule has 0 unspecified atom stereocenters. The average Bonchev–Trinajstić information content (AvgIpc) is 2.27. The van der Waals surface area contributed by atoms with E-state index in [-0.39, 0.29) is 5.82 Å². The monoisotopic (exact) mass is 223 g/mol. The number of rotatable bonds is 0. The van der Waals surface area contributed by atoms with Crippen LogP contribution in [0.1, 0.15) is 5.56 Å². The summed E-state index contributed by atoms with van der Waals surface area (Å²) >= 11 is 5.55. The predicted molar refractivity (Wildman–Crippen MR) is 60.4 cm³/mol. The number of nitrogens with zero attached hydrogens (tertiary/aromatic N) is 1. The smallest absolute Gasteiger partial charge is 0.126 e. The lowest BCUT2D eigenvalue weighted by Crippen LogP contribution is -1.78. The second-order valence-corrected chi connectivity index (χ2v) is 3.35. The van der Waals surface area contributed by atoms with Crippen LogP contribution in [0, 0.1) is 12.7 Å². The van der Waals surface area contributed by atoms with E-state index < -0.39 is 0 Å². The molecule has 2 rings (SSSR count). The summed E-state index contributed by atoms with van der Waals surface area (Å²) in [6, 6.07) is 10.2. The number of halogens is 2. The van der Waals surface area contributed by atoms with Gasteiger partial charge in [-0.25, -0.2) is 4.39 Å². The zero-order valence-corrected chi connectivity index (χ0v) is 9.08. The summed E-state index contributed by atoms with van der Waals surface area (Å²) in [4.78, 5) is 3.78. The summed E-state index contributed by atoms with van der Waals surface area (Å²) in [6.45, 7) is 1.68.